The topological polar surface area (TPSA) is 18.5 Å². The molecule has 1 unspecified atom stereocenters. The molecule has 0 aromatic carbocycles. The van der Waals surface area contributed by atoms with Gasteiger partial charge in [-0.1, -0.05) is 13.8 Å². The molecule has 0 aromatic heterocycles. The first-order valence-corrected chi connectivity index (χ1v) is 5.72. The van der Waals surface area contributed by atoms with Crippen LogP contribution < -0.4 is 0 Å². The second-order valence-corrected chi connectivity index (χ2v) is 4.01. The van der Waals surface area contributed by atoms with Crippen molar-refractivity contribution in [1.29, 1.82) is 0 Å². The Balaban J connectivity index is 1.85. The molecule has 1 atom stereocenters. The van der Waals surface area contributed by atoms with Crippen LogP contribution in [0.2, 0.25) is 0 Å². The molecule has 0 N–H and O–H groups in total. The fourth-order valence-electron chi connectivity index (χ4n) is 1.19. The van der Waals surface area contributed by atoms with E-state index < -0.39 is 0 Å². The van der Waals surface area contributed by atoms with Crippen molar-refractivity contribution in [3.8, 4) is 0 Å². The SMILES string of the molecule is CCC(C)C=COCCOC1CCC1. The monoisotopic (exact) mass is 198 g/mol. The van der Waals surface area contributed by atoms with Crippen LogP contribution in [0.25, 0.3) is 0 Å². The third-order valence-electron chi connectivity index (χ3n) is 2.75. The molecule has 0 aromatic rings. The van der Waals surface area contributed by atoms with E-state index in [4.69, 9.17) is 9.47 Å². The van der Waals surface area contributed by atoms with E-state index in [9.17, 15) is 0 Å². The van der Waals surface area contributed by atoms with E-state index in [0.29, 0.717) is 18.6 Å². The average Bonchev–Trinajstić information content (AvgIpc) is 2.13. The highest BCUT2D eigenvalue weighted by Crippen LogP contribution is 2.21. The molecular weight excluding hydrogens is 176 g/mol. The summed E-state index contributed by atoms with van der Waals surface area (Å²) in [6.45, 7) is 5.78. The normalized spacial score (nSPS) is 19.6. The Morgan fingerprint density at radius 1 is 1.36 bits per heavy atom. The molecule has 1 rings (SSSR count). The Hall–Kier alpha value is -0.500. The summed E-state index contributed by atoms with van der Waals surface area (Å²) in [5.74, 6) is 0.613. The van der Waals surface area contributed by atoms with Crippen molar-refractivity contribution in [3.05, 3.63) is 12.3 Å². The minimum atomic E-state index is 0.525. The molecule has 1 aliphatic carbocycles. The van der Waals surface area contributed by atoms with Gasteiger partial charge in [0.1, 0.15) is 6.61 Å². The lowest BCUT2D eigenvalue weighted by molar-refractivity contribution is -0.0161. The summed E-state index contributed by atoms with van der Waals surface area (Å²) in [6.07, 6.45) is 9.41. The van der Waals surface area contributed by atoms with Gasteiger partial charge in [-0.2, -0.15) is 0 Å². The van der Waals surface area contributed by atoms with Crippen molar-refractivity contribution in [2.75, 3.05) is 13.2 Å². The van der Waals surface area contributed by atoms with Gasteiger partial charge in [-0.15, -0.1) is 0 Å². The highest BCUT2D eigenvalue weighted by molar-refractivity contribution is 4.79. The van der Waals surface area contributed by atoms with Crippen LogP contribution in [0, 0.1) is 5.92 Å². The Kier molecular flexibility index (Phi) is 5.69. The Bertz CT molecular complexity index is 162. The van der Waals surface area contributed by atoms with Gasteiger partial charge in [-0.05, 0) is 37.7 Å². The summed E-state index contributed by atoms with van der Waals surface area (Å²) in [5.41, 5.74) is 0. The highest BCUT2D eigenvalue weighted by Gasteiger charge is 2.16. The van der Waals surface area contributed by atoms with Crippen LogP contribution in [0.1, 0.15) is 39.5 Å². The Morgan fingerprint density at radius 3 is 2.71 bits per heavy atom. The second-order valence-electron chi connectivity index (χ2n) is 4.01. The fourth-order valence-corrected chi connectivity index (χ4v) is 1.19. The van der Waals surface area contributed by atoms with Gasteiger partial charge in [0.05, 0.1) is 19.0 Å². The molecule has 0 saturated heterocycles. The van der Waals surface area contributed by atoms with E-state index in [1.807, 2.05) is 0 Å². The highest BCUT2D eigenvalue weighted by atomic mass is 16.5. The molecule has 1 aliphatic rings. The van der Waals surface area contributed by atoms with Gasteiger partial charge in [0.15, 0.2) is 0 Å². The van der Waals surface area contributed by atoms with Crippen molar-refractivity contribution in [1.82, 2.24) is 0 Å². The molecule has 2 heteroatoms. The third-order valence-corrected chi connectivity index (χ3v) is 2.75. The molecular formula is C12H22O2. The van der Waals surface area contributed by atoms with Gasteiger partial charge in [-0.25, -0.2) is 0 Å². The van der Waals surface area contributed by atoms with E-state index >= 15 is 0 Å². The van der Waals surface area contributed by atoms with Gasteiger partial charge in [0.25, 0.3) is 0 Å². The fraction of sp³-hybridized carbons (Fsp3) is 0.833. The molecule has 2 nitrogen and oxygen atoms in total. The summed E-state index contributed by atoms with van der Waals surface area (Å²) in [6, 6.07) is 0. The molecule has 0 amide bonds. The molecule has 0 heterocycles. The van der Waals surface area contributed by atoms with Crippen molar-refractivity contribution >= 4 is 0 Å². The zero-order valence-corrected chi connectivity index (χ0v) is 9.37. The van der Waals surface area contributed by atoms with Gasteiger partial charge < -0.3 is 9.47 Å². The molecule has 0 spiro atoms. The van der Waals surface area contributed by atoms with Crippen molar-refractivity contribution < 1.29 is 9.47 Å². The van der Waals surface area contributed by atoms with Gasteiger partial charge >= 0.3 is 0 Å². The lowest BCUT2D eigenvalue weighted by Crippen LogP contribution is -2.23. The first-order valence-electron chi connectivity index (χ1n) is 5.72. The number of ether oxygens (including phenoxy) is 2. The molecule has 0 radical (unpaired) electrons. The molecule has 1 fully saturated rings. The summed E-state index contributed by atoms with van der Waals surface area (Å²) in [7, 11) is 0. The van der Waals surface area contributed by atoms with Gasteiger partial charge in [-0.3, -0.25) is 0 Å². The predicted octanol–water partition coefficient (Wildman–Crippen LogP) is 3.13. The van der Waals surface area contributed by atoms with Crippen LogP contribution in [0.4, 0.5) is 0 Å². The van der Waals surface area contributed by atoms with E-state index in [1.54, 1.807) is 6.26 Å². The van der Waals surface area contributed by atoms with Crippen LogP contribution >= 0.6 is 0 Å². The van der Waals surface area contributed by atoms with Crippen molar-refractivity contribution in [2.45, 2.75) is 45.6 Å². The van der Waals surface area contributed by atoms with Crippen molar-refractivity contribution in [3.63, 3.8) is 0 Å². The van der Waals surface area contributed by atoms with E-state index in [1.165, 1.54) is 25.7 Å². The van der Waals surface area contributed by atoms with Crippen molar-refractivity contribution in [2.24, 2.45) is 5.92 Å². The second kappa shape index (κ2) is 6.88. The number of hydrogen-bond acceptors (Lipinski definition) is 2. The third kappa shape index (κ3) is 4.66. The largest absolute Gasteiger partial charge is 0.499 e. The van der Waals surface area contributed by atoms with Crippen LogP contribution in [0.3, 0.4) is 0 Å². The molecule has 0 aliphatic heterocycles. The minimum absolute atomic E-state index is 0.525. The van der Waals surface area contributed by atoms with Crippen LogP contribution in [0.5, 0.6) is 0 Å². The maximum atomic E-state index is 5.55. The molecule has 82 valence electrons. The maximum absolute atomic E-state index is 5.55. The quantitative estimate of drug-likeness (QED) is 0.462. The lowest BCUT2D eigenvalue weighted by atomic mass is 9.96. The summed E-state index contributed by atoms with van der Waals surface area (Å²) in [4.78, 5) is 0. The predicted molar refractivity (Wildman–Crippen MR) is 58.1 cm³/mol. The summed E-state index contributed by atoms with van der Waals surface area (Å²) >= 11 is 0. The molecule has 0 bridgehead atoms. The average molecular weight is 198 g/mol. The van der Waals surface area contributed by atoms with Gasteiger partial charge in [0, 0.05) is 0 Å². The van der Waals surface area contributed by atoms with Crippen LogP contribution in [-0.2, 0) is 9.47 Å². The molecule has 14 heavy (non-hydrogen) atoms. The van der Waals surface area contributed by atoms with E-state index in [0.717, 1.165) is 6.61 Å². The maximum Gasteiger partial charge on any atom is 0.111 e. The number of rotatable bonds is 7. The van der Waals surface area contributed by atoms with Gasteiger partial charge in [0.2, 0.25) is 0 Å². The minimum Gasteiger partial charge on any atom is -0.499 e. The summed E-state index contributed by atoms with van der Waals surface area (Å²) < 4.78 is 10.9. The van der Waals surface area contributed by atoms with Crippen LogP contribution in [0.15, 0.2) is 12.3 Å². The number of hydrogen-bond donors (Lipinski definition) is 0. The van der Waals surface area contributed by atoms with E-state index in [-0.39, 0.29) is 0 Å². The first-order chi connectivity index (χ1) is 6.83. The standard InChI is InChI=1S/C12H22O2/c1-3-11(2)7-8-13-9-10-14-12-5-4-6-12/h7-8,11-12H,3-6,9-10H2,1-2H3. The first kappa shape index (κ1) is 11.6. The smallest absolute Gasteiger partial charge is 0.111 e. The van der Waals surface area contributed by atoms with E-state index in [2.05, 4.69) is 19.9 Å². The Labute approximate surface area is 87.3 Å². The van der Waals surface area contributed by atoms with Crippen LogP contribution in [-0.4, -0.2) is 19.3 Å². The zero-order chi connectivity index (χ0) is 10.2. The Morgan fingerprint density at radius 2 is 2.14 bits per heavy atom. The zero-order valence-electron chi connectivity index (χ0n) is 9.37. The lowest BCUT2D eigenvalue weighted by Gasteiger charge is -2.25. The number of allylic oxidation sites excluding steroid dienone is 1. The summed E-state index contributed by atoms with van der Waals surface area (Å²) in [5, 5.41) is 0. The molecule has 1 saturated carbocycles.